The summed E-state index contributed by atoms with van der Waals surface area (Å²) in [6, 6.07) is -3.89. The zero-order valence-electron chi connectivity index (χ0n) is 27.5. The number of ketones is 1. The molecule has 1 unspecified atom stereocenters. The van der Waals surface area contributed by atoms with Crippen LogP contribution in [0.15, 0.2) is 0 Å². The van der Waals surface area contributed by atoms with E-state index >= 15 is 0 Å². The molecule has 6 amide bonds. The highest BCUT2D eigenvalue weighted by Crippen LogP contribution is 2.65. The first-order valence-electron chi connectivity index (χ1n) is 16.5. The van der Waals surface area contributed by atoms with E-state index in [1.807, 2.05) is 27.7 Å². The molecule has 0 aromatic rings. The van der Waals surface area contributed by atoms with Gasteiger partial charge < -0.3 is 36.6 Å². The first kappa shape index (κ1) is 34.5. The molecule has 0 aromatic heterocycles. The van der Waals surface area contributed by atoms with Crippen molar-refractivity contribution in [2.75, 3.05) is 19.7 Å². The van der Waals surface area contributed by atoms with Crippen molar-refractivity contribution in [3.05, 3.63) is 0 Å². The monoisotopic (exact) mass is 632 g/mol. The second-order valence-corrected chi connectivity index (χ2v) is 14.8. The van der Waals surface area contributed by atoms with Crippen LogP contribution in [0.25, 0.3) is 0 Å². The molecule has 4 aliphatic rings. The topological polar surface area (TPSA) is 189 Å². The SMILES string of the molecule is CC(C)[C@H](NC(=O)N[C@H](COC(=O)NCC1CC1)C(C)C)C(=O)N1C[C@H]2[C@@H]([C@H]1C(=O)NC(CC1CCC1)C(=O)C(N)=O)C2(C)C. The van der Waals surface area contributed by atoms with Gasteiger partial charge in [0.15, 0.2) is 0 Å². The molecule has 3 saturated carbocycles. The third-order valence-electron chi connectivity index (χ3n) is 10.4. The predicted molar refractivity (Wildman–Crippen MR) is 165 cm³/mol. The number of rotatable bonds is 15. The Morgan fingerprint density at radius 3 is 2.11 bits per heavy atom. The normalized spacial score (nSPS) is 25.3. The molecule has 1 saturated heterocycles. The molecule has 0 radical (unpaired) electrons. The number of amides is 6. The molecule has 0 bridgehead atoms. The number of fused-ring (bicyclic) bond motifs is 1. The highest BCUT2D eigenvalue weighted by molar-refractivity contribution is 6.37. The predicted octanol–water partition coefficient (Wildman–Crippen LogP) is 1.68. The van der Waals surface area contributed by atoms with Crippen LogP contribution in [0, 0.1) is 40.9 Å². The summed E-state index contributed by atoms with van der Waals surface area (Å²) in [7, 11) is 0. The maximum absolute atomic E-state index is 14.0. The number of carbonyl (C=O) groups excluding carboxylic acids is 6. The van der Waals surface area contributed by atoms with Gasteiger partial charge in [-0.2, -0.15) is 0 Å². The highest BCUT2D eigenvalue weighted by atomic mass is 16.5. The van der Waals surface area contributed by atoms with Gasteiger partial charge in [-0.1, -0.05) is 60.8 Å². The minimum absolute atomic E-state index is 0.0270. The molecule has 1 heterocycles. The minimum atomic E-state index is -1.09. The van der Waals surface area contributed by atoms with E-state index in [2.05, 4.69) is 35.1 Å². The largest absolute Gasteiger partial charge is 0.447 e. The number of Topliss-reactive ketones (excluding diaryl/α,β-unsaturated/α-hetero) is 1. The maximum atomic E-state index is 14.0. The average Bonchev–Trinajstić information content (AvgIpc) is 3.80. The first-order valence-corrected chi connectivity index (χ1v) is 16.5. The molecular weight excluding hydrogens is 580 g/mol. The molecule has 6 atom stereocenters. The number of urea groups is 1. The molecule has 3 aliphatic carbocycles. The summed E-state index contributed by atoms with van der Waals surface area (Å²) in [5.74, 6) is -2.45. The number of likely N-dealkylation sites (tertiary alicyclic amines) is 1. The Bertz CT molecular complexity index is 1160. The Morgan fingerprint density at radius 1 is 0.911 bits per heavy atom. The van der Waals surface area contributed by atoms with E-state index in [-0.39, 0.29) is 41.6 Å². The Hall–Kier alpha value is -3.38. The number of carbonyl (C=O) groups is 6. The third kappa shape index (κ3) is 8.26. The van der Waals surface area contributed by atoms with Crippen LogP contribution in [-0.2, 0) is 23.9 Å². The van der Waals surface area contributed by atoms with Crippen LogP contribution in [0.4, 0.5) is 9.59 Å². The second-order valence-electron chi connectivity index (χ2n) is 14.8. The molecule has 1 aliphatic heterocycles. The van der Waals surface area contributed by atoms with Crippen molar-refractivity contribution in [1.82, 2.24) is 26.2 Å². The van der Waals surface area contributed by atoms with Crippen molar-refractivity contribution in [3.63, 3.8) is 0 Å². The summed E-state index contributed by atoms with van der Waals surface area (Å²) >= 11 is 0. The van der Waals surface area contributed by atoms with E-state index in [9.17, 15) is 28.8 Å². The molecule has 4 rings (SSSR count). The van der Waals surface area contributed by atoms with Crippen LogP contribution in [0.3, 0.4) is 0 Å². The van der Waals surface area contributed by atoms with E-state index in [4.69, 9.17) is 10.5 Å². The highest BCUT2D eigenvalue weighted by Gasteiger charge is 2.69. The molecule has 6 N–H and O–H groups in total. The quantitative estimate of drug-likeness (QED) is 0.170. The standard InChI is InChI=1S/C32H52N6O7/c1-16(2)22(15-45-31(44)34-13-19-10-11-19)36-30(43)37-24(17(3)4)29(42)38-14-20-23(32(20,5)6)25(38)28(41)35-21(26(39)27(33)40)12-18-8-7-9-18/h16-25H,7-15H2,1-6H3,(H2,33,40)(H,34,44)(H,35,41)(H2,36,37,43)/t20-,21?,22+,23-,24-,25-/m0/s1. The van der Waals surface area contributed by atoms with Crippen LogP contribution in [0.2, 0.25) is 0 Å². The number of piperidine rings is 1. The van der Waals surface area contributed by atoms with Crippen molar-refractivity contribution in [2.45, 2.75) is 104 Å². The third-order valence-corrected chi connectivity index (χ3v) is 10.4. The van der Waals surface area contributed by atoms with Gasteiger partial charge >= 0.3 is 12.1 Å². The van der Waals surface area contributed by atoms with Gasteiger partial charge in [-0.3, -0.25) is 19.2 Å². The summed E-state index contributed by atoms with van der Waals surface area (Å²) in [5.41, 5.74) is 5.13. The van der Waals surface area contributed by atoms with Gasteiger partial charge in [0.1, 0.15) is 18.7 Å². The van der Waals surface area contributed by atoms with Gasteiger partial charge in [0.25, 0.3) is 5.91 Å². The smallest absolute Gasteiger partial charge is 0.407 e. The first-order chi connectivity index (χ1) is 21.1. The van der Waals surface area contributed by atoms with Crippen molar-refractivity contribution >= 4 is 35.6 Å². The van der Waals surface area contributed by atoms with Crippen molar-refractivity contribution in [3.8, 4) is 0 Å². The van der Waals surface area contributed by atoms with Crippen molar-refractivity contribution in [1.29, 1.82) is 0 Å². The summed E-state index contributed by atoms with van der Waals surface area (Å²) in [4.78, 5) is 79.0. The number of nitrogens with two attached hydrogens (primary N) is 1. The Balaban J connectivity index is 1.41. The van der Waals surface area contributed by atoms with Crippen molar-refractivity contribution in [2.24, 2.45) is 46.7 Å². The molecule has 0 aromatic carbocycles. The van der Waals surface area contributed by atoms with Gasteiger partial charge in [-0.15, -0.1) is 0 Å². The van der Waals surface area contributed by atoms with E-state index in [1.165, 1.54) is 4.90 Å². The van der Waals surface area contributed by atoms with Gasteiger partial charge in [0.2, 0.25) is 17.6 Å². The van der Waals surface area contributed by atoms with Gasteiger partial charge in [-0.05, 0) is 60.2 Å². The van der Waals surface area contributed by atoms with E-state index < -0.39 is 59.8 Å². The fourth-order valence-electron chi connectivity index (χ4n) is 6.75. The molecule has 0 spiro atoms. The zero-order chi connectivity index (χ0) is 33.2. The van der Waals surface area contributed by atoms with E-state index in [0.717, 1.165) is 32.1 Å². The van der Waals surface area contributed by atoms with Crippen molar-refractivity contribution < 1.29 is 33.5 Å². The van der Waals surface area contributed by atoms with Crippen LogP contribution in [0.5, 0.6) is 0 Å². The minimum Gasteiger partial charge on any atom is -0.447 e. The fraction of sp³-hybridized carbons (Fsp3) is 0.812. The van der Waals surface area contributed by atoms with Crippen LogP contribution in [0.1, 0.15) is 80.1 Å². The zero-order valence-corrected chi connectivity index (χ0v) is 27.5. The van der Waals surface area contributed by atoms with Gasteiger partial charge in [-0.25, -0.2) is 9.59 Å². The van der Waals surface area contributed by atoms with Crippen LogP contribution >= 0.6 is 0 Å². The number of hydrogen-bond donors (Lipinski definition) is 5. The molecule has 252 valence electrons. The number of ether oxygens (including phenoxy) is 1. The van der Waals surface area contributed by atoms with Crippen LogP contribution < -0.4 is 27.0 Å². The van der Waals surface area contributed by atoms with Gasteiger partial charge in [0, 0.05) is 13.1 Å². The molecule has 45 heavy (non-hydrogen) atoms. The van der Waals surface area contributed by atoms with E-state index in [1.54, 1.807) is 0 Å². The lowest BCUT2D eigenvalue weighted by Gasteiger charge is -2.35. The number of primary amides is 1. The summed E-state index contributed by atoms with van der Waals surface area (Å²) < 4.78 is 5.34. The number of nitrogens with zero attached hydrogens (tertiary/aromatic N) is 1. The number of hydrogen-bond acceptors (Lipinski definition) is 7. The second kappa shape index (κ2) is 13.9. The summed E-state index contributed by atoms with van der Waals surface area (Å²) in [5, 5.41) is 11.1. The summed E-state index contributed by atoms with van der Waals surface area (Å²) in [6.45, 7) is 12.4. The number of alkyl carbamates (subject to hydrolysis) is 1. The number of nitrogens with one attached hydrogen (secondary N) is 4. The molecular formula is C32H52N6O7. The van der Waals surface area contributed by atoms with Gasteiger partial charge in [0.05, 0.1) is 12.1 Å². The Kier molecular flexibility index (Phi) is 10.7. The lowest BCUT2D eigenvalue weighted by atomic mass is 9.80. The lowest BCUT2D eigenvalue weighted by Crippen LogP contribution is -2.60. The molecule has 4 fully saturated rings. The summed E-state index contributed by atoms with van der Waals surface area (Å²) in [6.07, 6.45) is 4.89. The molecule has 13 heteroatoms. The lowest BCUT2D eigenvalue weighted by molar-refractivity contribution is -0.144. The fourth-order valence-corrected chi connectivity index (χ4v) is 6.75. The van der Waals surface area contributed by atoms with Crippen LogP contribution in [-0.4, -0.2) is 84.4 Å². The maximum Gasteiger partial charge on any atom is 0.407 e. The molecule has 13 nitrogen and oxygen atoms in total. The Labute approximate surface area is 265 Å². The Morgan fingerprint density at radius 2 is 1.58 bits per heavy atom. The average molecular weight is 633 g/mol. The van der Waals surface area contributed by atoms with E-state index in [0.29, 0.717) is 25.4 Å².